The number of alkyl halides is 8. The summed E-state index contributed by atoms with van der Waals surface area (Å²) in [6.07, 6.45) is 0. The first-order valence-electron chi connectivity index (χ1n) is 7.24. The highest BCUT2D eigenvalue weighted by Crippen LogP contribution is 2.67. The zero-order chi connectivity index (χ0) is 19.4. The van der Waals surface area contributed by atoms with Gasteiger partial charge in [0.05, 0.1) is 24.3 Å². The number of benzene rings is 1. The third-order valence-corrected chi connectivity index (χ3v) is 3.83. The molecule has 0 heterocycles. The second-order valence-electron chi connectivity index (χ2n) is 5.43. The second kappa shape index (κ2) is 5.63. The Morgan fingerprint density at radius 1 is 0.760 bits per heavy atom. The fourth-order valence-corrected chi connectivity index (χ4v) is 2.69. The first-order chi connectivity index (χ1) is 11.3. The summed E-state index contributed by atoms with van der Waals surface area (Å²) >= 11 is 0. The molecule has 0 saturated carbocycles. The molecule has 0 fully saturated rings. The highest BCUT2D eigenvalue weighted by Gasteiger charge is 2.86. The molecular weight excluding hydrogens is 364 g/mol. The van der Waals surface area contributed by atoms with Gasteiger partial charge in [0.15, 0.2) is 0 Å². The standard InChI is InChI=1S/C15H14F8O2/c1-4-24-8-6-7(3)11(25-5-2)10-9(8)12(16,17)14(20,21)15(22,23)13(10,18)19/h6H,4-5H2,1-3H3. The van der Waals surface area contributed by atoms with Crippen molar-refractivity contribution in [2.75, 3.05) is 13.2 Å². The highest BCUT2D eigenvalue weighted by molar-refractivity contribution is 5.60. The predicted octanol–water partition coefficient (Wildman–Crippen LogP) is 5.26. The molecule has 0 radical (unpaired) electrons. The van der Waals surface area contributed by atoms with Crippen LogP contribution in [0.1, 0.15) is 30.5 Å². The zero-order valence-corrected chi connectivity index (χ0v) is 13.3. The van der Waals surface area contributed by atoms with Crippen LogP contribution in [0.4, 0.5) is 35.1 Å². The van der Waals surface area contributed by atoms with Gasteiger partial charge in [-0.2, -0.15) is 35.1 Å². The third kappa shape index (κ3) is 2.28. The maximum Gasteiger partial charge on any atom is 0.383 e. The van der Waals surface area contributed by atoms with E-state index in [1.54, 1.807) is 0 Å². The number of aryl methyl sites for hydroxylation is 1. The van der Waals surface area contributed by atoms with Crippen LogP contribution >= 0.6 is 0 Å². The Bertz CT molecular complexity index is 685. The van der Waals surface area contributed by atoms with E-state index in [0.717, 1.165) is 13.0 Å². The third-order valence-electron chi connectivity index (χ3n) is 3.83. The lowest BCUT2D eigenvalue weighted by Gasteiger charge is -2.44. The van der Waals surface area contributed by atoms with Crippen molar-refractivity contribution in [3.63, 3.8) is 0 Å². The van der Waals surface area contributed by atoms with Crippen LogP contribution in [0.3, 0.4) is 0 Å². The summed E-state index contributed by atoms with van der Waals surface area (Å²) in [7, 11) is 0. The summed E-state index contributed by atoms with van der Waals surface area (Å²) in [5, 5.41) is 0. The summed E-state index contributed by atoms with van der Waals surface area (Å²) in [4.78, 5) is 0. The monoisotopic (exact) mass is 378 g/mol. The lowest BCUT2D eigenvalue weighted by molar-refractivity contribution is -0.387. The number of halogens is 8. The van der Waals surface area contributed by atoms with E-state index in [1.807, 2.05) is 0 Å². The molecule has 25 heavy (non-hydrogen) atoms. The number of hydrogen-bond acceptors (Lipinski definition) is 2. The van der Waals surface area contributed by atoms with E-state index in [2.05, 4.69) is 0 Å². The summed E-state index contributed by atoms with van der Waals surface area (Å²) in [6, 6.07) is 0.789. The van der Waals surface area contributed by atoms with Crippen LogP contribution < -0.4 is 9.47 Å². The number of ether oxygens (including phenoxy) is 2. The summed E-state index contributed by atoms with van der Waals surface area (Å²) in [5.74, 6) is -25.9. The van der Waals surface area contributed by atoms with Gasteiger partial charge in [0.25, 0.3) is 0 Å². The van der Waals surface area contributed by atoms with Gasteiger partial charge in [-0.15, -0.1) is 0 Å². The molecule has 0 bridgehead atoms. The van der Waals surface area contributed by atoms with Crippen LogP contribution in [-0.4, -0.2) is 25.1 Å². The average Bonchev–Trinajstić information content (AvgIpc) is 2.47. The van der Waals surface area contributed by atoms with Crippen molar-refractivity contribution in [1.29, 1.82) is 0 Å². The van der Waals surface area contributed by atoms with E-state index >= 15 is 0 Å². The van der Waals surface area contributed by atoms with Gasteiger partial charge in [0, 0.05) is 0 Å². The molecule has 0 saturated heterocycles. The Balaban J connectivity index is 3.03. The van der Waals surface area contributed by atoms with Gasteiger partial charge in [0.1, 0.15) is 11.5 Å². The van der Waals surface area contributed by atoms with Gasteiger partial charge < -0.3 is 9.47 Å². The van der Waals surface area contributed by atoms with Gasteiger partial charge in [-0.1, -0.05) is 0 Å². The minimum atomic E-state index is -6.33. The van der Waals surface area contributed by atoms with E-state index in [9.17, 15) is 35.1 Å². The molecule has 1 aromatic rings. The van der Waals surface area contributed by atoms with E-state index in [4.69, 9.17) is 9.47 Å². The van der Waals surface area contributed by atoms with Crippen molar-refractivity contribution >= 4 is 0 Å². The number of fused-ring (bicyclic) bond motifs is 1. The van der Waals surface area contributed by atoms with Crippen LogP contribution in [0, 0.1) is 6.92 Å². The molecule has 0 atom stereocenters. The van der Waals surface area contributed by atoms with Gasteiger partial charge in [0.2, 0.25) is 0 Å². The van der Waals surface area contributed by atoms with E-state index in [-0.39, 0.29) is 18.8 Å². The molecule has 1 aromatic carbocycles. The highest BCUT2D eigenvalue weighted by atomic mass is 19.4. The van der Waals surface area contributed by atoms with Crippen LogP contribution in [-0.2, 0) is 11.8 Å². The molecule has 142 valence electrons. The minimum absolute atomic E-state index is 0.222. The van der Waals surface area contributed by atoms with Crippen LogP contribution in [0.25, 0.3) is 0 Å². The normalized spacial score (nSPS) is 22.2. The maximum atomic E-state index is 14.3. The largest absolute Gasteiger partial charge is 0.493 e. The zero-order valence-electron chi connectivity index (χ0n) is 13.3. The summed E-state index contributed by atoms with van der Waals surface area (Å²) < 4.78 is 122. The second-order valence-corrected chi connectivity index (χ2v) is 5.43. The average molecular weight is 378 g/mol. The Morgan fingerprint density at radius 2 is 1.20 bits per heavy atom. The van der Waals surface area contributed by atoms with Crippen LogP contribution in [0.5, 0.6) is 11.5 Å². The predicted molar refractivity (Wildman–Crippen MR) is 71.2 cm³/mol. The maximum absolute atomic E-state index is 14.3. The first kappa shape index (κ1) is 19.6. The Kier molecular flexibility index (Phi) is 4.41. The van der Waals surface area contributed by atoms with E-state index in [1.165, 1.54) is 13.8 Å². The molecule has 0 N–H and O–H groups in total. The van der Waals surface area contributed by atoms with Gasteiger partial charge in [-0.3, -0.25) is 0 Å². The fraction of sp³-hybridized carbons (Fsp3) is 0.600. The molecular formula is C15H14F8O2. The molecule has 1 aliphatic carbocycles. The van der Waals surface area contributed by atoms with Crippen molar-refractivity contribution in [3.05, 3.63) is 22.8 Å². The Morgan fingerprint density at radius 3 is 1.64 bits per heavy atom. The van der Waals surface area contributed by atoms with E-state index < -0.39 is 46.3 Å². The topological polar surface area (TPSA) is 18.5 Å². The molecule has 0 unspecified atom stereocenters. The molecule has 0 aromatic heterocycles. The van der Waals surface area contributed by atoms with Crippen molar-refractivity contribution in [1.82, 2.24) is 0 Å². The smallest absolute Gasteiger partial charge is 0.383 e. The van der Waals surface area contributed by atoms with E-state index in [0.29, 0.717) is 0 Å². The summed E-state index contributed by atoms with van der Waals surface area (Å²) in [5.41, 5.74) is -4.18. The minimum Gasteiger partial charge on any atom is -0.493 e. The number of hydrogen-bond donors (Lipinski definition) is 0. The van der Waals surface area contributed by atoms with Crippen LogP contribution in [0.2, 0.25) is 0 Å². The van der Waals surface area contributed by atoms with Gasteiger partial charge in [-0.05, 0) is 32.4 Å². The lowest BCUT2D eigenvalue weighted by Crippen LogP contribution is -2.64. The molecule has 1 aliphatic rings. The van der Waals surface area contributed by atoms with Crippen molar-refractivity contribution in [2.24, 2.45) is 0 Å². The van der Waals surface area contributed by atoms with Gasteiger partial charge >= 0.3 is 23.7 Å². The Hall–Kier alpha value is -1.74. The molecule has 2 rings (SSSR count). The SMILES string of the molecule is CCOc1cc(C)c(OCC)c2c1C(F)(F)C(F)(F)C(F)(F)C2(F)F. The van der Waals surface area contributed by atoms with Crippen molar-refractivity contribution in [2.45, 2.75) is 44.5 Å². The Labute approximate surface area is 137 Å². The van der Waals surface area contributed by atoms with Crippen molar-refractivity contribution in [3.8, 4) is 11.5 Å². The molecule has 10 heteroatoms. The molecule has 0 spiro atoms. The molecule has 2 nitrogen and oxygen atoms in total. The van der Waals surface area contributed by atoms with Crippen LogP contribution in [0.15, 0.2) is 6.07 Å². The summed E-state index contributed by atoms with van der Waals surface area (Å²) in [6.45, 7) is 3.07. The first-order valence-corrected chi connectivity index (χ1v) is 7.24. The fourth-order valence-electron chi connectivity index (χ4n) is 2.69. The molecule has 0 aliphatic heterocycles. The quantitative estimate of drug-likeness (QED) is 0.666. The lowest BCUT2D eigenvalue weighted by atomic mass is 9.78. The van der Waals surface area contributed by atoms with Crippen molar-refractivity contribution < 1.29 is 44.6 Å². The molecule has 0 amide bonds. The number of rotatable bonds is 4. The van der Waals surface area contributed by atoms with Gasteiger partial charge in [-0.25, -0.2) is 0 Å².